The molecule has 3 nitrogen and oxygen atoms in total. The third-order valence-electron chi connectivity index (χ3n) is 4.55. The number of methoxy groups -OCH3 is 1. The van der Waals surface area contributed by atoms with Crippen molar-refractivity contribution in [2.24, 2.45) is 4.99 Å². The predicted octanol–water partition coefficient (Wildman–Crippen LogP) is 5.75. The predicted molar refractivity (Wildman–Crippen MR) is 105 cm³/mol. The van der Waals surface area contributed by atoms with Crippen LogP contribution in [-0.4, -0.2) is 17.9 Å². The van der Waals surface area contributed by atoms with Crippen LogP contribution in [0.1, 0.15) is 37.4 Å². The van der Waals surface area contributed by atoms with Crippen molar-refractivity contribution in [1.29, 1.82) is 0 Å². The van der Waals surface area contributed by atoms with Gasteiger partial charge in [-0.05, 0) is 66.4 Å². The van der Waals surface area contributed by atoms with Gasteiger partial charge in [0.05, 0.1) is 24.7 Å². The molecule has 3 aromatic rings. The van der Waals surface area contributed by atoms with Crippen molar-refractivity contribution < 1.29 is 4.74 Å². The van der Waals surface area contributed by atoms with Crippen LogP contribution in [0.5, 0.6) is 5.75 Å². The smallest absolute Gasteiger partial charge is 0.119 e. The lowest BCUT2D eigenvalue weighted by Gasteiger charge is -2.09. The number of benzene rings is 2. The van der Waals surface area contributed by atoms with Gasteiger partial charge in [-0.2, -0.15) is 0 Å². The van der Waals surface area contributed by atoms with E-state index in [-0.39, 0.29) is 0 Å². The van der Waals surface area contributed by atoms with Gasteiger partial charge in [-0.25, -0.2) is 0 Å². The van der Waals surface area contributed by atoms with Crippen LogP contribution in [0.2, 0.25) is 0 Å². The van der Waals surface area contributed by atoms with Gasteiger partial charge in [0.2, 0.25) is 0 Å². The molecule has 0 saturated heterocycles. The highest BCUT2D eigenvalue weighted by Gasteiger charge is 2.03. The van der Waals surface area contributed by atoms with Crippen molar-refractivity contribution in [3.63, 3.8) is 0 Å². The molecule has 1 aromatic heterocycles. The van der Waals surface area contributed by atoms with Gasteiger partial charge in [0.1, 0.15) is 5.75 Å². The normalized spacial score (nSPS) is 12.4. The van der Waals surface area contributed by atoms with Crippen LogP contribution in [0.3, 0.4) is 0 Å². The molecule has 25 heavy (non-hydrogen) atoms. The van der Waals surface area contributed by atoms with Crippen LogP contribution in [0.15, 0.2) is 71.9 Å². The summed E-state index contributed by atoms with van der Waals surface area (Å²) in [4.78, 5) is 4.62. The molecule has 0 unspecified atom stereocenters. The topological polar surface area (TPSA) is 26.5 Å². The lowest BCUT2D eigenvalue weighted by atomic mass is 9.99. The second kappa shape index (κ2) is 7.84. The van der Waals surface area contributed by atoms with Gasteiger partial charge in [0.25, 0.3) is 0 Å². The van der Waals surface area contributed by atoms with Crippen LogP contribution in [0, 0.1) is 0 Å². The van der Waals surface area contributed by atoms with Crippen LogP contribution in [-0.2, 0) is 0 Å². The van der Waals surface area contributed by atoms with Crippen LogP contribution >= 0.6 is 0 Å². The summed E-state index contributed by atoms with van der Waals surface area (Å²) in [6, 6.07) is 20.6. The fourth-order valence-corrected chi connectivity index (χ4v) is 2.74. The van der Waals surface area contributed by atoms with Gasteiger partial charge in [-0.1, -0.05) is 26.0 Å². The number of hydrogen-bond donors (Lipinski definition) is 0. The molecule has 0 spiro atoms. The summed E-state index contributed by atoms with van der Waals surface area (Å²) >= 11 is 0. The Kier molecular flexibility index (Phi) is 5.34. The molecule has 0 bridgehead atoms. The lowest BCUT2D eigenvalue weighted by Crippen LogP contribution is -1.97. The zero-order valence-corrected chi connectivity index (χ0v) is 15.0. The summed E-state index contributed by atoms with van der Waals surface area (Å²) in [5, 5.41) is 0. The molecule has 0 aliphatic heterocycles. The van der Waals surface area contributed by atoms with E-state index in [1.54, 1.807) is 7.11 Å². The van der Waals surface area contributed by atoms with Gasteiger partial charge in [-0.15, -0.1) is 0 Å². The minimum atomic E-state index is 0.588. The monoisotopic (exact) mass is 332 g/mol. The Morgan fingerprint density at radius 2 is 1.76 bits per heavy atom. The molecule has 0 fully saturated rings. The van der Waals surface area contributed by atoms with Crippen molar-refractivity contribution in [3.8, 4) is 11.4 Å². The van der Waals surface area contributed by atoms with Crippen molar-refractivity contribution in [1.82, 2.24) is 4.57 Å². The third-order valence-corrected chi connectivity index (χ3v) is 4.55. The van der Waals surface area contributed by atoms with E-state index in [0.717, 1.165) is 29.2 Å². The molecule has 2 aromatic carbocycles. The molecule has 0 aliphatic carbocycles. The lowest BCUT2D eigenvalue weighted by molar-refractivity contribution is 0.415. The molecule has 0 radical (unpaired) electrons. The largest absolute Gasteiger partial charge is 0.497 e. The molecule has 1 heterocycles. The molecule has 0 saturated carbocycles. The fourth-order valence-electron chi connectivity index (χ4n) is 2.74. The van der Waals surface area contributed by atoms with E-state index in [9.17, 15) is 0 Å². The third kappa shape index (κ3) is 4.00. The Morgan fingerprint density at radius 3 is 2.40 bits per heavy atom. The van der Waals surface area contributed by atoms with E-state index in [2.05, 4.69) is 53.7 Å². The van der Waals surface area contributed by atoms with Crippen molar-refractivity contribution >= 4 is 11.9 Å². The van der Waals surface area contributed by atoms with Gasteiger partial charge in [0.15, 0.2) is 0 Å². The van der Waals surface area contributed by atoms with E-state index in [1.807, 2.05) is 42.7 Å². The van der Waals surface area contributed by atoms with Crippen LogP contribution in [0.4, 0.5) is 5.69 Å². The second-order valence-electron chi connectivity index (χ2n) is 6.16. The number of hydrogen-bond acceptors (Lipinski definition) is 2. The maximum atomic E-state index is 5.22. The van der Waals surface area contributed by atoms with Crippen LogP contribution in [0.25, 0.3) is 5.69 Å². The summed E-state index contributed by atoms with van der Waals surface area (Å²) in [5.41, 5.74) is 4.45. The molecule has 3 heteroatoms. The molecule has 0 N–H and O–H groups in total. The van der Waals surface area contributed by atoms with Crippen molar-refractivity contribution in [2.45, 2.75) is 26.2 Å². The quantitative estimate of drug-likeness (QED) is 0.528. The van der Waals surface area contributed by atoms with E-state index >= 15 is 0 Å². The van der Waals surface area contributed by atoms with E-state index in [1.165, 1.54) is 5.56 Å². The summed E-state index contributed by atoms with van der Waals surface area (Å²) in [6.45, 7) is 4.46. The van der Waals surface area contributed by atoms with Gasteiger partial charge in [-0.3, -0.25) is 4.99 Å². The Bertz CT molecular complexity index is 829. The molecule has 3 rings (SSSR count). The van der Waals surface area contributed by atoms with Crippen molar-refractivity contribution in [3.05, 3.63) is 78.1 Å². The first-order valence-corrected chi connectivity index (χ1v) is 8.67. The Labute approximate surface area is 149 Å². The first kappa shape index (κ1) is 17.0. The average molecular weight is 332 g/mol. The maximum absolute atomic E-state index is 5.22. The zero-order valence-electron chi connectivity index (χ0n) is 15.0. The SMILES string of the molecule is CC[C@H](C)c1ccc(N=Cc2cccn2-c2ccc(OC)cc2)cc1. The minimum Gasteiger partial charge on any atom is -0.497 e. The zero-order chi connectivity index (χ0) is 17.6. The fraction of sp³-hybridized carbons (Fsp3) is 0.227. The van der Waals surface area contributed by atoms with E-state index in [4.69, 9.17) is 4.74 Å². The first-order chi connectivity index (χ1) is 12.2. The van der Waals surface area contributed by atoms with Crippen LogP contribution < -0.4 is 4.74 Å². The van der Waals surface area contributed by atoms with Gasteiger partial charge < -0.3 is 9.30 Å². The number of rotatable bonds is 6. The Morgan fingerprint density at radius 1 is 1.04 bits per heavy atom. The molecular weight excluding hydrogens is 308 g/mol. The minimum absolute atomic E-state index is 0.588. The van der Waals surface area contributed by atoms with Crippen molar-refractivity contribution in [2.75, 3.05) is 7.11 Å². The highest BCUT2D eigenvalue weighted by molar-refractivity contribution is 5.81. The molecular formula is C22H24N2O. The van der Waals surface area contributed by atoms with Gasteiger partial charge >= 0.3 is 0 Å². The standard InChI is InChI=1S/C22H24N2O/c1-4-17(2)18-7-9-19(10-8-18)23-16-21-6-5-15-24(21)20-11-13-22(25-3)14-12-20/h5-17H,4H2,1-3H3/t17-/m0/s1. The molecule has 0 amide bonds. The molecule has 1 atom stereocenters. The maximum Gasteiger partial charge on any atom is 0.119 e. The van der Waals surface area contributed by atoms with Gasteiger partial charge in [0, 0.05) is 11.9 Å². The average Bonchev–Trinajstić information content (AvgIpc) is 3.15. The second-order valence-corrected chi connectivity index (χ2v) is 6.16. The number of aromatic nitrogens is 1. The van der Waals surface area contributed by atoms with E-state index < -0.39 is 0 Å². The molecule has 0 aliphatic rings. The summed E-state index contributed by atoms with van der Waals surface area (Å²) in [7, 11) is 1.68. The highest BCUT2D eigenvalue weighted by Crippen LogP contribution is 2.22. The number of ether oxygens (including phenoxy) is 1. The summed E-state index contributed by atoms with van der Waals surface area (Å²) in [6.07, 6.45) is 5.09. The highest BCUT2D eigenvalue weighted by atomic mass is 16.5. The summed E-state index contributed by atoms with van der Waals surface area (Å²) < 4.78 is 7.33. The van der Waals surface area contributed by atoms with E-state index in [0.29, 0.717) is 5.92 Å². The Balaban J connectivity index is 1.79. The number of aliphatic imine (C=N–C) groups is 1. The number of nitrogens with zero attached hydrogens (tertiary/aromatic N) is 2. The molecule has 128 valence electrons. The first-order valence-electron chi connectivity index (χ1n) is 8.67. The Hall–Kier alpha value is -2.81. The summed E-state index contributed by atoms with van der Waals surface area (Å²) in [5.74, 6) is 1.44.